The highest BCUT2D eigenvalue weighted by Gasteiger charge is 2.36. The van der Waals surface area contributed by atoms with E-state index in [0.29, 0.717) is 10.7 Å². The van der Waals surface area contributed by atoms with Crippen molar-refractivity contribution in [2.45, 2.75) is 12.7 Å². The molecule has 1 aromatic heterocycles. The third-order valence-corrected chi connectivity index (χ3v) is 3.99. The third-order valence-electron chi connectivity index (χ3n) is 3.75. The Balaban J connectivity index is 1.74. The highest BCUT2D eigenvalue weighted by molar-refractivity contribution is 6.30. The number of ether oxygens (including phenoxy) is 1. The van der Waals surface area contributed by atoms with Crippen molar-refractivity contribution < 1.29 is 22.7 Å². The summed E-state index contributed by atoms with van der Waals surface area (Å²) in [6, 6.07) is 16.1. The zero-order chi connectivity index (χ0) is 20.9. The molecule has 3 aromatic rings. The number of pyridine rings is 1. The van der Waals surface area contributed by atoms with Crippen LogP contribution in [-0.2, 0) is 12.7 Å². The van der Waals surface area contributed by atoms with Gasteiger partial charge in [-0.1, -0.05) is 48.0 Å². The molecule has 1 amide bonds. The van der Waals surface area contributed by atoms with Gasteiger partial charge >= 0.3 is 12.3 Å². The Bertz CT molecular complexity index is 998. The summed E-state index contributed by atoms with van der Waals surface area (Å²) in [6.45, 7) is 0.114. The molecule has 0 fully saturated rings. The van der Waals surface area contributed by atoms with Gasteiger partial charge in [-0.05, 0) is 29.8 Å². The number of alkyl halides is 3. The molecule has 2 N–H and O–H groups in total. The van der Waals surface area contributed by atoms with Gasteiger partial charge in [-0.3, -0.25) is 0 Å². The molecule has 2 aromatic carbocycles. The molecule has 0 spiro atoms. The molecule has 0 bridgehead atoms. The predicted molar refractivity (Wildman–Crippen MR) is 103 cm³/mol. The highest BCUT2D eigenvalue weighted by Crippen LogP contribution is 2.37. The van der Waals surface area contributed by atoms with Crippen molar-refractivity contribution in [1.82, 2.24) is 10.3 Å². The number of halogens is 4. The zero-order valence-electron chi connectivity index (χ0n) is 14.8. The van der Waals surface area contributed by atoms with E-state index in [1.54, 1.807) is 42.5 Å². The van der Waals surface area contributed by atoms with Gasteiger partial charge in [0.1, 0.15) is 11.4 Å². The first-order valence-corrected chi connectivity index (χ1v) is 8.78. The molecule has 29 heavy (non-hydrogen) atoms. The zero-order valence-corrected chi connectivity index (χ0v) is 15.6. The van der Waals surface area contributed by atoms with Crippen LogP contribution >= 0.6 is 11.6 Å². The van der Waals surface area contributed by atoms with Crippen LogP contribution in [0.5, 0.6) is 5.75 Å². The summed E-state index contributed by atoms with van der Waals surface area (Å²) in [6.07, 6.45) is -4.92. The lowest BCUT2D eigenvalue weighted by molar-refractivity contribution is -0.138. The molecular formula is C20H15ClF3N3O2. The average Bonchev–Trinajstić information content (AvgIpc) is 2.68. The van der Waals surface area contributed by atoms with Crippen molar-refractivity contribution in [3.63, 3.8) is 0 Å². The molecule has 0 atom stereocenters. The topological polar surface area (TPSA) is 63.2 Å². The molecule has 0 unspecified atom stereocenters. The number of rotatable bonds is 5. The number of nitrogens with one attached hydrogen (secondary N) is 2. The van der Waals surface area contributed by atoms with E-state index in [0.717, 1.165) is 17.8 Å². The Kier molecular flexibility index (Phi) is 6.23. The first-order valence-electron chi connectivity index (χ1n) is 8.41. The Hall–Kier alpha value is -3.26. The fourth-order valence-corrected chi connectivity index (χ4v) is 2.62. The van der Waals surface area contributed by atoms with Crippen LogP contribution in [0.25, 0.3) is 0 Å². The SMILES string of the molecule is O=C(NCc1ccccc1)Oc1cnc(Nc2cccc(Cl)c2)cc1C(F)(F)F. The van der Waals surface area contributed by atoms with Gasteiger partial charge in [0.15, 0.2) is 5.75 Å². The highest BCUT2D eigenvalue weighted by atomic mass is 35.5. The molecule has 150 valence electrons. The molecule has 9 heteroatoms. The van der Waals surface area contributed by atoms with E-state index in [2.05, 4.69) is 15.6 Å². The molecular weight excluding hydrogens is 407 g/mol. The normalized spacial score (nSPS) is 11.0. The minimum absolute atomic E-state index is 0.0726. The number of benzene rings is 2. The van der Waals surface area contributed by atoms with Crippen LogP contribution in [0.1, 0.15) is 11.1 Å². The standard InChI is InChI=1S/C20H15ClF3N3O2/c21-14-7-4-8-15(9-14)27-18-10-16(20(22,23)24)17(12-25-18)29-19(28)26-11-13-5-2-1-3-6-13/h1-10,12H,11H2,(H,25,27)(H,26,28). The number of aromatic nitrogens is 1. The maximum absolute atomic E-state index is 13.4. The Morgan fingerprint density at radius 2 is 1.83 bits per heavy atom. The maximum Gasteiger partial charge on any atom is 0.420 e. The van der Waals surface area contributed by atoms with Crippen molar-refractivity contribution in [3.8, 4) is 5.75 Å². The summed E-state index contributed by atoms with van der Waals surface area (Å²) in [7, 11) is 0. The van der Waals surface area contributed by atoms with Gasteiger partial charge < -0.3 is 15.4 Å². The van der Waals surface area contributed by atoms with E-state index >= 15 is 0 Å². The van der Waals surface area contributed by atoms with Crippen molar-refractivity contribution in [2.75, 3.05) is 5.32 Å². The number of nitrogens with zero attached hydrogens (tertiary/aromatic N) is 1. The van der Waals surface area contributed by atoms with Crippen LogP contribution in [0.3, 0.4) is 0 Å². The Morgan fingerprint density at radius 1 is 1.07 bits per heavy atom. The summed E-state index contributed by atoms with van der Waals surface area (Å²) in [5.74, 6) is -0.767. The quantitative estimate of drug-likeness (QED) is 0.547. The number of amides is 1. The summed E-state index contributed by atoms with van der Waals surface area (Å²) in [5, 5.41) is 5.55. The van der Waals surface area contributed by atoms with E-state index in [-0.39, 0.29) is 12.4 Å². The fourth-order valence-electron chi connectivity index (χ4n) is 2.43. The number of hydrogen-bond acceptors (Lipinski definition) is 4. The predicted octanol–water partition coefficient (Wildman–Crippen LogP) is 5.79. The number of carbonyl (C=O) groups excluding carboxylic acids is 1. The van der Waals surface area contributed by atoms with E-state index in [1.165, 1.54) is 6.07 Å². The van der Waals surface area contributed by atoms with Gasteiger partial charge in [-0.2, -0.15) is 13.2 Å². The number of anilines is 2. The van der Waals surface area contributed by atoms with E-state index < -0.39 is 23.6 Å². The largest absolute Gasteiger partial charge is 0.420 e. The molecule has 0 radical (unpaired) electrons. The second kappa shape index (κ2) is 8.83. The molecule has 5 nitrogen and oxygen atoms in total. The second-order valence-corrected chi connectivity index (χ2v) is 6.36. The molecule has 0 aliphatic carbocycles. The van der Waals surface area contributed by atoms with Gasteiger partial charge in [-0.15, -0.1) is 0 Å². The van der Waals surface area contributed by atoms with Gasteiger partial charge in [0.05, 0.1) is 6.20 Å². The molecule has 0 aliphatic heterocycles. The van der Waals surface area contributed by atoms with Crippen molar-refractivity contribution in [1.29, 1.82) is 0 Å². The van der Waals surface area contributed by atoms with Crippen LogP contribution < -0.4 is 15.4 Å². The minimum atomic E-state index is -4.75. The molecule has 3 rings (SSSR count). The van der Waals surface area contributed by atoms with Crippen LogP contribution in [0.15, 0.2) is 66.9 Å². The molecule has 0 saturated carbocycles. The summed E-state index contributed by atoms with van der Waals surface area (Å²) in [4.78, 5) is 15.8. The second-order valence-electron chi connectivity index (χ2n) is 5.93. The van der Waals surface area contributed by atoms with Crippen LogP contribution in [-0.4, -0.2) is 11.1 Å². The van der Waals surface area contributed by atoms with E-state index in [4.69, 9.17) is 16.3 Å². The number of carbonyl (C=O) groups is 1. The van der Waals surface area contributed by atoms with E-state index in [9.17, 15) is 18.0 Å². The molecule has 1 heterocycles. The fraction of sp³-hybridized carbons (Fsp3) is 0.100. The monoisotopic (exact) mass is 421 g/mol. The Labute approximate surface area is 169 Å². The Morgan fingerprint density at radius 3 is 2.52 bits per heavy atom. The average molecular weight is 422 g/mol. The van der Waals surface area contributed by atoms with Crippen molar-refractivity contribution >= 4 is 29.2 Å². The number of hydrogen-bond donors (Lipinski definition) is 2. The van der Waals surface area contributed by atoms with Gasteiger partial charge in [0, 0.05) is 17.3 Å². The van der Waals surface area contributed by atoms with Crippen molar-refractivity contribution in [3.05, 3.63) is 83.0 Å². The van der Waals surface area contributed by atoms with Crippen LogP contribution in [0.4, 0.5) is 29.5 Å². The third kappa shape index (κ3) is 5.86. The lowest BCUT2D eigenvalue weighted by atomic mass is 10.2. The lowest BCUT2D eigenvalue weighted by Gasteiger charge is -2.15. The first-order chi connectivity index (χ1) is 13.8. The van der Waals surface area contributed by atoms with Crippen molar-refractivity contribution in [2.24, 2.45) is 0 Å². The molecule has 0 saturated heterocycles. The minimum Gasteiger partial charge on any atom is -0.408 e. The first kappa shape index (κ1) is 20.5. The lowest BCUT2D eigenvalue weighted by Crippen LogP contribution is -2.27. The summed E-state index contributed by atoms with van der Waals surface area (Å²) < 4.78 is 45.2. The molecule has 0 aliphatic rings. The van der Waals surface area contributed by atoms with Gasteiger partial charge in [0.25, 0.3) is 0 Å². The summed E-state index contributed by atoms with van der Waals surface area (Å²) in [5.41, 5.74) is 0.110. The van der Waals surface area contributed by atoms with Crippen LogP contribution in [0, 0.1) is 0 Å². The maximum atomic E-state index is 13.4. The van der Waals surface area contributed by atoms with Gasteiger partial charge in [0.2, 0.25) is 0 Å². The van der Waals surface area contributed by atoms with Gasteiger partial charge in [-0.25, -0.2) is 9.78 Å². The smallest absolute Gasteiger partial charge is 0.408 e. The van der Waals surface area contributed by atoms with E-state index in [1.807, 2.05) is 6.07 Å². The van der Waals surface area contributed by atoms with Crippen LogP contribution in [0.2, 0.25) is 5.02 Å². The summed E-state index contributed by atoms with van der Waals surface area (Å²) >= 11 is 5.87.